The molecule has 0 unspecified atom stereocenters. The van der Waals surface area contributed by atoms with E-state index in [1.54, 1.807) is 0 Å². The Morgan fingerprint density at radius 3 is 1.60 bits per heavy atom. The summed E-state index contributed by atoms with van der Waals surface area (Å²) in [6.45, 7) is 0. The Bertz CT molecular complexity index is 33.1. The molecule has 0 aliphatic heterocycles. The van der Waals surface area contributed by atoms with Crippen LogP contribution in [0, 0.1) is 52.0 Å². The largest absolute Gasteiger partial charge is 0 e. The van der Waals surface area contributed by atoms with Crippen LogP contribution < -0.4 is 0 Å². The fourth-order valence-electron chi connectivity index (χ4n) is 0. The number of rotatable bonds is 0. The summed E-state index contributed by atoms with van der Waals surface area (Å²) in [7, 11) is 0. The van der Waals surface area contributed by atoms with Crippen molar-refractivity contribution in [3.63, 3.8) is 0 Å². The minimum absolute atomic E-state index is 0. The first-order valence-corrected chi connectivity index (χ1v) is 0.952. The third-order valence-corrected chi connectivity index (χ3v) is 0. The van der Waals surface area contributed by atoms with Crippen LogP contribution in [-0.2, 0) is 33.1 Å². The van der Waals surface area contributed by atoms with Crippen LogP contribution in [0.15, 0.2) is 0 Å². The van der Waals surface area contributed by atoms with Crippen LogP contribution in [-0.4, -0.2) is 0 Å². The van der Waals surface area contributed by atoms with E-state index in [0.29, 0.717) is 0 Å². The fraction of sp³-hybridized carbons (Fsp3) is 0. The topological polar surface area (TPSA) is 23.8 Å². The number of hydrogen-bond donors (Lipinski definition) is 0. The van der Waals surface area contributed by atoms with E-state index in [4.69, 9.17) is 5.26 Å². The maximum atomic E-state index is 7.21. The van der Waals surface area contributed by atoms with E-state index in [9.17, 15) is 0 Å². The predicted molar refractivity (Wildman–Crippen MR) is 5.61 cm³/mol. The van der Waals surface area contributed by atoms with Crippen LogP contribution in [0.5, 0.6) is 0 Å². The molecule has 0 heterocycles. The van der Waals surface area contributed by atoms with E-state index in [0.717, 1.165) is 0 Å². The first-order chi connectivity index (χ1) is 1.41. The molecule has 4 heteroatoms. The van der Waals surface area contributed by atoms with Crippen molar-refractivity contribution in [1.29, 1.82) is 5.26 Å². The van der Waals surface area contributed by atoms with Gasteiger partial charge in [0.2, 0.25) is 0 Å². The molecular weight excluding hydrogens is 277 g/mol. The number of nitrogens with zero attached hydrogens (tertiary/aromatic N) is 1. The van der Waals surface area contributed by atoms with Crippen molar-refractivity contribution in [2.24, 2.45) is 0 Å². The predicted octanol–water partition coefficient (Wildman–Crippen LogP) is 0.0118. The molecule has 0 fully saturated rings. The summed E-state index contributed by atoms with van der Waals surface area (Å²) in [6.07, 6.45) is 0. The van der Waals surface area contributed by atoms with Gasteiger partial charge >= 0.3 is 26.2 Å². The molecule has 0 aromatic rings. The first kappa shape index (κ1) is 15.8. The maximum absolute atomic E-state index is 7.21. The molecule has 0 aromatic heterocycles. The van der Waals surface area contributed by atoms with E-state index in [-0.39, 0.29) is 58.8 Å². The Hall–Kier alpha value is 1.91. The van der Waals surface area contributed by atoms with Crippen LogP contribution >= 0.6 is 0 Å². The minimum Gasteiger partial charge on any atom is 0 e. The van der Waals surface area contributed by atoms with Crippen LogP contribution in [0.3, 0.4) is 0 Å². The van der Waals surface area contributed by atoms with Gasteiger partial charge in [0.25, 0.3) is 0 Å². The zero-order valence-corrected chi connectivity index (χ0v) is 7.60. The Morgan fingerprint density at radius 1 is 1.60 bits per heavy atom. The van der Waals surface area contributed by atoms with Crippen LogP contribution in [0.4, 0.5) is 0 Å². The second kappa shape index (κ2) is 16.8. The van der Waals surface area contributed by atoms with Crippen molar-refractivity contribution < 1.29 is 74.8 Å². The van der Waals surface area contributed by atoms with Gasteiger partial charge in [-0.3, -0.25) is 0 Å². The van der Waals surface area contributed by atoms with Crippen LogP contribution in [0.2, 0.25) is 0 Å². The summed E-state index contributed by atoms with van der Waals surface area (Å²) in [6, 6.07) is 0. The van der Waals surface area contributed by atoms with Gasteiger partial charge in [0, 0.05) is 58.8 Å². The molecular formula is CCeFeMnN. The molecule has 0 aromatic carbocycles. The van der Waals surface area contributed by atoms with Gasteiger partial charge in [0.05, 0.1) is 0 Å². The van der Waals surface area contributed by atoms with Gasteiger partial charge in [-0.2, -0.15) is 0 Å². The van der Waals surface area contributed by atoms with E-state index >= 15 is 0 Å². The minimum atomic E-state index is 0. The van der Waals surface area contributed by atoms with Gasteiger partial charge in [0.1, 0.15) is 0 Å². The zero-order valence-electron chi connectivity index (χ0n) is 2.18. The van der Waals surface area contributed by atoms with Crippen molar-refractivity contribution in [1.82, 2.24) is 0 Å². The smallest absolute Gasteiger partial charge is 0 e. The van der Waals surface area contributed by atoms with E-state index in [1.807, 2.05) is 0 Å². The van der Waals surface area contributed by atoms with Gasteiger partial charge in [0.15, 0.2) is 0 Å². The molecule has 0 aliphatic rings. The second-order valence-corrected chi connectivity index (χ2v) is 0.326. The van der Waals surface area contributed by atoms with Gasteiger partial charge in [-0.25, -0.2) is 0 Å². The van der Waals surface area contributed by atoms with Crippen molar-refractivity contribution in [3.05, 3.63) is 0 Å². The molecule has 0 saturated heterocycles. The molecule has 1 nitrogen and oxygen atoms in total. The van der Waals surface area contributed by atoms with Gasteiger partial charge in [-0.1, -0.05) is 0 Å². The summed E-state index contributed by atoms with van der Waals surface area (Å²) < 4.78 is 0. The fourth-order valence-corrected chi connectivity index (χ4v) is 0. The van der Waals surface area contributed by atoms with E-state index in [2.05, 4.69) is 16.0 Å². The Morgan fingerprint density at radius 2 is 1.60 bits per heavy atom. The average Bonchev–Trinajstić information content (AvgIpc) is 0.918. The standard InChI is InChI=1S/CN.Ce.Fe.Mn/c1-2;;;. The Labute approximate surface area is 83.5 Å². The van der Waals surface area contributed by atoms with Crippen molar-refractivity contribution in [3.8, 4) is 4.97 Å². The van der Waals surface area contributed by atoms with Crippen molar-refractivity contribution in [2.75, 3.05) is 0 Å². The van der Waals surface area contributed by atoms with Gasteiger partial charge in [-0.05, 0) is 0 Å². The SMILES string of the molecule is N#[C][Fe].[Ce].[Mn]. The Kier molecular flexibility index (Phi) is 53.2. The van der Waals surface area contributed by atoms with Gasteiger partial charge < -0.3 is 0 Å². The summed E-state index contributed by atoms with van der Waals surface area (Å²) >= 11 is 2.79. The first-order valence-electron chi connectivity index (χ1n) is 0.400. The summed E-state index contributed by atoms with van der Waals surface area (Å²) in [5, 5.41) is 7.21. The zero-order chi connectivity index (χ0) is 2.71. The molecule has 0 rings (SSSR count). The third-order valence-electron chi connectivity index (χ3n) is 0. The van der Waals surface area contributed by atoms with E-state index < -0.39 is 0 Å². The summed E-state index contributed by atoms with van der Waals surface area (Å²) in [5.74, 6) is 0. The second-order valence-electron chi connectivity index (χ2n) is 0.0791. The molecule has 0 saturated carbocycles. The quantitative estimate of drug-likeness (QED) is 0.572. The molecule has 0 amide bonds. The van der Waals surface area contributed by atoms with E-state index in [1.165, 1.54) is 4.97 Å². The molecule has 0 atom stereocenters. The van der Waals surface area contributed by atoms with Crippen LogP contribution in [0.25, 0.3) is 0 Å². The molecule has 0 aliphatic carbocycles. The number of nitriles is 1. The maximum Gasteiger partial charge on any atom is 0 e. The molecule has 1 radical (unpaired) electrons. The normalized spacial score (nSPS) is 1.60. The molecule has 0 spiro atoms. The monoisotopic (exact) mass is 277 g/mol. The van der Waals surface area contributed by atoms with Crippen molar-refractivity contribution >= 4 is 0 Å². The summed E-state index contributed by atoms with van der Waals surface area (Å²) in [4.78, 5) is 1.50. The van der Waals surface area contributed by atoms with Crippen molar-refractivity contribution in [2.45, 2.75) is 0 Å². The number of hydrogen-bond acceptors (Lipinski definition) is 1. The third kappa shape index (κ3) is 24.8. The van der Waals surface area contributed by atoms with Crippen LogP contribution in [0.1, 0.15) is 0 Å². The molecule has 5 heavy (non-hydrogen) atoms. The average molecular weight is 277 g/mol. The molecule has 0 bridgehead atoms. The molecule has 28 valence electrons. The Balaban J connectivity index is -0.0000000200. The molecule has 0 N–H and O–H groups in total. The summed E-state index contributed by atoms with van der Waals surface area (Å²) in [5.41, 5.74) is 0. The van der Waals surface area contributed by atoms with Gasteiger partial charge in [-0.15, -0.1) is 0 Å².